The average Bonchev–Trinajstić information content (AvgIpc) is 3.25. The summed E-state index contributed by atoms with van der Waals surface area (Å²) in [7, 11) is 2.18. The van der Waals surface area contributed by atoms with E-state index in [1.807, 2.05) is 42.5 Å². The Labute approximate surface area is 347 Å². The summed E-state index contributed by atoms with van der Waals surface area (Å²) in [6.45, 7) is 3.62. The zero-order valence-electron chi connectivity index (χ0n) is 33.3. The molecule has 6 rings (SSSR count). The Bertz CT molecular complexity index is 2110. The molecule has 1 aromatic heterocycles. The molecule has 3 aliphatic rings. The van der Waals surface area contributed by atoms with E-state index in [1.165, 1.54) is 25.9 Å². The SMILES string of the molecule is CN=CC(C(=O)NC1[C@@H](C)[C@@H](OCc2ccccn2)C=C[C@H](OC)[C@@H]2CC[C@H]2CN2Cc3ccc(Cl)cc3CCCCOc3ccc(cc32)C(=O)N=[S-]1=O)=C(N)OC. The van der Waals surface area contributed by atoms with Gasteiger partial charge in [0.2, 0.25) is 0 Å². The van der Waals surface area contributed by atoms with Gasteiger partial charge in [-0.25, -0.2) is 0 Å². The molecule has 1 aliphatic carbocycles. The molecule has 6 atom stereocenters. The van der Waals surface area contributed by atoms with Crippen LogP contribution in [0.25, 0.3) is 0 Å². The lowest BCUT2D eigenvalue weighted by molar-refractivity contribution is -0.117. The monoisotopic (exact) mass is 831 g/mol. The van der Waals surface area contributed by atoms with Gasteiger partial charge in [-0.15, -0.1) is 0 Å². The van der Waals surface area contributed by atoms with Crippen molar-refractivity contribution in [2.45, 2.75) is 69.8 Å². The second-order valence-corrected chi connectivity index (χ2v) is 16.4. The molecular weight excluding hydrogens is 780 g/mol. The summed E-state index contributed by atoms with van der Waals surface area (Å²) in [5, 5.41) is 2.26. The van der Waals surface area contributed by atoms with Crippen LogP contribution in [0.3, 0.4) is 0 Å². The van der Waals surface area contributed by atoms with Crippen LogP contribution in [0.15, 0.2) is 93.8 Å². The van der Waals surface area contributed by atoms with Crippen molar-refractivity contribution in [2.75, 3.05) is 39.3 Å². The first kappa shape index (κ1) is 42.8. The Morgan fingerprint density at radius 3 is 2.66 bits per heavy atom. The number of methoxy groups -OCH3 is 2. The second kappa shape index (κ2) is 20.3. The molecule has 0 radical (unpaired) electrons. The highest BCUT2D eigenvalue weighted by Crippen LogP contribution is 2.42. The van der Waals surface area contributed by atoms with Gasteiger partial charge in [-0.2, -0.15) is 10.6 Å². The van der Waals surface area contributed by atoms with Crippen molar-refractivity contribution in [3.05, 3.63) is 112 Å². The van der Waals surface area contributed by atoms with Crippen LogP contribution in [0, 0.1) is 17.8 Å². The molecule has 15 heteroatoms. The second-order valence-electron chi connectivity index (χ2n) is 14.8. The van der Waals surface area contributed by atoms with E-state index in [9.17, 15) is 13.8 Å². The van der Waals surface area contributed by atoms with Crippen molar-refractivity contribution in [3.63, 3.8) is 0 Å². The number of halogens is 1. The number of anilines is 1. The van der Waals surface area contributed by atoms with Gasteiger partial charge in [0.1, 0.15) is 11.3 Å². The van der Waals surface area contributed by atoms with Crippen molar-refractivity contribution in [1.82, 2.24) is 10.3 Å². The summed E-state index contributed by atoms with van der Waals surface area (Å²) in [5.41, 5.74) is 9.91. The van der Waals surface area contributed by atoms with Gasteiger partial charge in [0.05, 0.1) is 43.9 Å². The number of rotatable bonds is 8. The number of fused-ring (bicyclic) bond motifs is 3. The number of aromatic nitrogens is 1. The molecule has 1 saturated carbocycles. The lowest BCUT2D eigenvalue weighted by Crippen LogP contribution is -2.46. The lowest BCUT2D eigenvalue weighted by Gasteiger charge is -2.44. The van der Waals surface area contributed by atoms with Gasteiger partial charge < -0.3 is 43.5 Å². The molecule has 2 aliphatic heterocycles. The molecule has 13 nitrogen and oxygen atoms in total. The minimum atomic E-state index is -2.33. The maximum absolute atomic E-state index is 14.4. The summed E-state index contributed by atoms with van der Waals surface area (Å²) in [4.78, 5) is 38.6. The number of amides is 2. The number of benzene rings is 2. The number of pyridine rings is 1. The third-order valence-electron chi connectivity index (χ3n) is 11.1. The van der Waals surface area contributed by atoms with E-state index in [2.05, 4.69) is 30.6 Å². The number of aliphatic imine (C=N–C) groups is 1. The molecule has 2 amide bonds. The Kier molecular flexibility index (Phi) is 15.0. The summed E-state index contributed by atoms with van der Waals surface area (Å²) < 4.78 is 42.8. The molecule has 0 spiro atoms. The fraction of sp³-hybridized carbons (Fsp3) is 0.442. The molecule has 2 aromatic carbocycles. The predicted molar refractivity (Wildman–Crippen MR) is 225 cm³/mol. The van der Waals surface area contributed by atoms with Crippen LogP contribution in [-0.4, -0.2) is 75.0 Å². The molecule has 0 saturated heterocycles. The van der Waals surface area contributed by atoms with Gasteiger partial charge in [0.25, 0.3) is 11.8 Å². The van der Waals surface area contributed by atoms with Crippen LogP contribution in [0.5, 0.6) is 5.75 Å². The highest BCUT2D eigenvalue weighted by atomic mass is 35.5. The van der Waals surface area contributed by atoms with E-state index in [1.54, 1.807) is 38.4 Å². The number of nitrogens with two attached hydrogens (primary N) is 1. The molecule has 58 heavy (non-hydrogen) atoms. The number of hydrogen-bond donors (Lipinski definition) is 2. The normalized spacial score (nSPS) is 24.8. The highest BCUT2D eigenvalue weighted by Gasteiger charge is 2.38. The smallest absolute Gasteiger partial charge is 0.256 e. The zero-order valence-corrected chi connectivity index (χ0v) is 34.9. The van der Waals surface area contributed by atoms with Gasteiger partial charge in [0, 0.05) is 50.2 Å². The summed E-state index contributed by atoms with van der Waals surface area (Å²) in [6, 6.07) is 16.8. The third-order valence-corrected chi connectivity index (χ3v) is 12.6. The van der Waals surface area contributed by atoms with Crippen molar-refractivity contribution in [2.24, 2.45) is 32.8 Å². The highest BCUT2D eigenvalue weighted by molar-refractivity contribution is 7.75. The Balaban J connectivity index is 1.48. The van der Waals surface area contributed by atoms with Crippen molar-refractivity contribution in [1.29, 1.82) is 0 Å². The summed E-state index contributed by atoms with van der Waals surface area (Å²) in [6.07, 6.45) is 10.3. The average molecular weight is 832 g/mol. The number of nitrogens with one attached hydrogen (secondary N) is 1. The maximum atomic E-state index is 14.4. The number of hydrogen-bond acceptors (Lipinski definition) is 12. The molecule has 310 valence electrons. The van der Waals surface area contributed by atoms with Crippen molar-refractivity contribution in [3.8, 4) is 5.75 Å². The Morgan fingerprint density at radius 1 is 1.10 bits per heavy atom. The van der Waals surface area contributed by atoms with E-state index < -0.39 is 39.8 Å². The number of aryl methyl sites for hydroxylation is 1. The van der Waals surface area contributed by atoms with Gasteiger partial charge in [0.15, 0.2) is 5.88 Å². The minimum Gasteiger partial charge on any atom is -0.491 e. The van der Waals surface area contributed by atoms with Crippen LogP contribution < -0.4 is 20.7 Å². The van der Waals surface area contributed by atoms with Crippen molar-refractivity contribution < 1.29 is 32.7 Å². The van der Waals surface area contributed by atoms with Crippen LogP contribution in [0.1, 0.15) is 59.8 Å². The number of carbonyl (C=O) groups excluding carboxylic acids is 2. The number of nitrogens with zero attached hydrogens (tertiary/aromatic N) is 4. The molecular formula is C43H52ClN6O7S-. The number of carbonyl (C=O) groups is 2. The first-order valence-corrected chi connectivity index (χ1v) is 21.1. The predicted octanol–water partition coefficient (Wildman–Crippen LogP) is 6.54. The fourth-order valence-electron chi connectivity index (χ4n) is 7.66. The topological polar surface area (TPSA) is 167 Å². The third kappa shape index (κ3) is 10.5. The molecule has 3 N–H and O–H groups in total. The largest absolute Gasteiger partial charge is 0.491 e. The molecule has 2 bridgehead atoms. The van der Waals surface area contributed by atoms with Gasteiger partial charge in [-0.1, -0.05) is 42.8 Å². The summed E-state index contributed by atoms with van der Waals surface area (Å²) >= 11 is 6.50. The maximum Gasteiger partial charge on any atom is 0.256 e. The Hall–Kier alpha value is -4.76. The molecule has 3 aromatic rings. The van der Waals surface area contributed by atoms with E-state index in [-0.39, 0.29) is 41.6 Å². The Morgan fingerprint density at radius 2 is 1.93 bits per heavy atom. The zero-order chi connectivity index (χ0) is 41.2. The standard InChI is InChI=1S/C43H52ClN6O7S/c1-27-37(57-26-33-10-5-7-19-47-33)17-18-38(54-3)34-15-12-31(34)25-50-24-30-11-14-32(44)21-28(30)9-6-8-20-56-39-16-13-29(22-36(39)50)41(51)49-58(53)43(27)48-42(52)35(23-46-2)40(45)55-4/h5,7,10-11,13-14,16-19,21-23,27,31,34,37-38,43H,6,8-9,12,15,20,24-26,45H2,1-4H3,(H,48,52)/q-1/t27-,31-,34+,37-,38-,43?/m0/s1. The van der Waals surface area contributed by atoms with E-state index in [0.29, 0.717) is 36.2 Å². The van der Waals surface area contributed by atoms with E-state index >= 15 is 0 Å². The van der Waals surface area contributed by atoms with Gasteiger partial charge >= 0.3 is 0 Å². The molecule has 1 fully saturated rings. The fourth-order valence-corrected chi connectivity index (χ4v) is 8.97. The van der Waals surface area contributed by atoms with Crippen LogP contribution in [-0.2, 0) is 53.4 Å². The number of ether oxygens (including phenoxy) is 4. The quantitative estimate of drug-likeness (QED) is 0.0837. The van der Waals surface area contributed by atoms with Crippen LogP contribution in [0.4, 0.5) is 5.69 Å². The van der Waals surface area contributed by atoms with Crippen LogP contribution >= 0.6 is 11.6 Å². The first-order chi connectivity index (χ1) is 28.1. The summed E-state index contributed by atoms with van der Waals surface area (Å²) in [5.74, 6) is -1.29. The minimum absolute atomic E-state index is 0.0854. The van der Waals surface area contributed by atoms with E-state index in [0.717, 1.165) is 43.4 Å². The van der Waals surface area contributed by atoms with Gasteiger partial charge in [-0.3, -0.25) is 19.6 Å². The molecule has 1 unspecified atom stereocenters. The van der Waals surface area contributed by atoms with Crippen molar-refractivity contribution >= 4 is 45.9 Å². The van der Waals surface area contributed by atoms with Gasteiger partial charge in [-0.05, 0) is 109 Å². The lowest BCUT2D eigenvalue weighted by atomic mass is 9.70. The molecule has 3 heterocycles. The van der Waals surface area contributed by atoms with Crippen LogP contribution in [0.2, 0.25) is 5.02 Å². The van der Waals surface area contributed by atoms with E-state index in [4.69, 9.17) is 36.3 Å². The first-order valence-electron chi connectivity index (χ1n) is 19.5.